The Morgan fingerprint density at radius 1 is 0.830 bits per heavy atom. The summed E-state index contributed by atoms with van der Waals surface area (Å²) in [5.41, 5.74) is 3.00. The summed E-state index contributed by atoms with van der Waals surface area (Å²) in [7, 11) is 1.56. The maximum Gasteiger partial charge on any atom is 0.243 e. The second kappa shape index (κ2) is 15.9. The van der Waals surface area contributed by atoms with Crippen molar-refractivity contribution in [3.8, 4) is 5.75 Å². The first kappa shape index (κ1) is 35.4. The minimum Gasteiger partial charge on any atom is -0.497 e. The number of benzene rings is 2. The van der Waals surface area contributed by atoms with Gasteiger partial charge in [-0.25, -0.2) is 0 Å². The standard InChI is InChI=1S/C36H49N5O6/c1-21(2)15-29-35(45)39-30(16-24-11-13-28(47-6)14-12-24)34(44)37-23(5)33(43)40-31(22(3)4)19-41(20-32(42)38-29)36(46)27-17-25-9-7-8-10-26(25)18-27/h7-14,21-23,27,29-31H,15-20H2,1-6H3,(H,37,44)(H,38,42)(H,39,45)(H,40,43)/t23-,29+,30+,31-/m1/s1. The van der Waals surface area contributed by atoms with E-state index in [1.165, 1.54) is 4.90 Å². The number of methoxy groups -OCH3 is 1. The molecule has 1 fully saturated rings. The van der Waals surface area contributed by atoms with Gasteiger partial charge in [0.25, 0.3) is 0 Å². The number of carbonyl (C=O) groups excluding carboxylic acids is 5. The molecule has 11 nitrogen and oxygen atoms in total. The van der Waals surface area contributed by atoms with Gasteiger partial charge in [0.1, 0.15) is 23.9 Å². The Labute approximate surface area is 277 Å². The zero-order valence-electron chi connectivity index (χ0n) is 28.3. The summed E-state index contributed by atoms with van der Waals surface area (Å²) < 4.78 is 5.24. The first-order chi connectivity index (χ1) is 22.3. The van der Waals surface area contributed by atoms with Crippen LogP contribution in [0.1, 0.15) is 57.7 Å². The molecule has 1 heterocycles. The van der Waals surface area contributed by atoms with Crippen molar-refractivity contribution in [3.63, 3.8) is 0 Å². The number of nitrogens with one attached hydrogen (secondary N) is 4. The van der Waals surface area contributed by atoms with Gasteiger partial charge >= 0.3 is 0 Å². The summed E-state index contributed by atoms with van der Waals surface area (Å²) in [6.45, 7) is 9.16. The van der Waals surface area contributed by atoms with Gasteiger partial charge in [-0.2, -0.15) is 0 Å². The molecule has 254 valence electrons. The van der Waals surface area contributed by atoms with Crippen LogP contribution in [0, 0.1) is 17.8 Å². The summed E-state index contributed by atoms with van der Waals surface area (Å²) in [4.78, 5) is 69.9. The highest BCUT2D eigenvalue weighted by atomic mass is 16.5. The lowest BCUT2D eigenvalue weighted by atomic mass is 10.00. The van der Waals surface area contributed by atoms with Crippen LogP contribution < -0.4 is 26.0 Å². The van der Waals surface area contributed by atoms with Gasteiger partial charge in [-0.05, 0) is 66.8 Å². The lowest BCUT2D eigenvalue weighted by Gasteiger charge is -2.32. The monoisotopic (exact) mass is 647 g/mol. The first-order valence-electron chi connectivity index (χ1n) is 16.5. The summed E-state index contributed by atoms with van der Waals surface area (Å²) in [5, 5.41) is 11.5. The van der Waals surface area contributed by atoms with Gasteiger partial charge in [0, 0.05) is 24.9 Å². The van der Waals surface area contributed by atoms with E-state index in [9.17, 15) is 24.0 Å². The third kappa shape index (κ3) is 9.56. The van der Waals surface area contributed by atoms with Crippen molar-refractivity contribution < 1.29 is 28.7 Å². The van der Waals surface area contributed by atoms with E-state index >= 15 is 0 Å². The molecular formula is C36H49N5O6. The third-order valence-electron chi connectivity index (χ3n) is 8.94. The normalized spacial score (nSPS) is 23.3. The number of amides is 5. The average Bonchev–Trinajstić information content (AvgIpc) is 3.47. The van der Waals surface area contributed by atoms with Crippen LogP contribution in [0.4, 0.5) is 0 Å². The zero-order valence-corrected chi connectivity index (χ0v) is 28.3. The molecule has 4 atom stereocenters. The van der Waals surface area contributed by atoms with Crippen molar-refractivity contribution in [1.29, 1.82) is 0 Å². The summed E-state index contributed by atoms with van der Waals surface area (Å²) in [5.74, 6) is -1.85. The maximum atomic E-state index is 14.0. The molecular weight excluding hydrogens is 598 g/mol. The minimum atomic E-state index is -1.02. The van der Waals surface area contributed by atoms with Gasteiger partial charge in [0.2, 0.25) is 29.5 Å². The Bertz CT molecular complexity index is 1420. The maximum absolute atomic E-state index is 14.0. The largest absolute Gasteiger partial charge is 0.497 e. The van der Waals surface area contributed by atoms with Crippen molar-refractivity contribution >= 4 is 29.5 Å². The summed E-state index contributed by atoms with van der Waals surface area (Å²) >= 11 is 0. The van der Waals surface area contributed by atoms with Crippen molar-refractivity contribution in [2.45, 2.75) is 84.5 Å². The molecule has 47 heavy (non-hydrogen) atoms. The van der Waals surface area contributed by atoms with E-state index in [-0.39, 0.29) is 43.2 Å². The first-order valence-corrected chi connectivity index (χ1v) is 16.5. The van der Waals surface area contributed by atoms with E-state index in [1.807, 2.05) is 52.0 Å². The number of hydrogen-bond acceptors (Lipinski definition) is 6. The molecule has 4 N–H and O–H groups in total. The molecule has 0 bridgehead atoms. The third-order valence-corrected chi connectivity index (χ3v) is 8.94. The lowest BCUT2D eigenvalue weighted by Crippen LogP contribution is -2.57. The molecule has 1 aliphatic heterocycles. The van der Waals surface area contributed by atoms with Gasteiger partial charge in [0.05, 0.1) is 13.7 Å². The summed E-state index contributed by atoms with van der Waals surface area (Å²) in [6, 6.07) is 11.7. The number of hydrogen-bond donors (Lipinski definition) is 4. The lowest BCUT2D eigenvalue weighted by molar-refractivity contribution is -0.140. The molecule has 0 unspecified atom stereocenters. The Hall–Kier alpha value is -4.41. The number of rotatable bonds is 7. The molecule has 4 rings (SSSR count). The van der Waals surface area contributed by atoms with Crippen molar-refractivity contribution in [1.82, 2.24) is 26.2 Å². The average molecular weight is 648 g/mol. The van der Waals surface area contributed by atoms with Gasteiger partial charge < -0.3 is 30.9 Å². The molecule has 11 heteroatoms. The molecule has 1 saturated heterocycles. The van der Waals surface area contributed by atoms with Crippen molar-refractivity contribution in [3.05, 3.63) is 65.2 Å². The van der Waals surface area contributed by atoms with Crippen LogP contribution in [0.2, 0.25) is 0 Å². The van der Waals surface area contributed by atoms with E-state index in [0.29, 0.717) is 25.0 Å². The van der Waals surface area contributed by atoms with Crippen molar-refractivity contribution in [2.24, 2.45) is 17.8 Å². The molecule has 0 saturated carbocycles. The predicted molar refractivity (Wildman–Crippen MR) is 178 cm³/mol. The molecule has 2 aliphatic rings. The predicted octanol–water partition coefficient (Wildman–Crippen LogP) is 2.16. The van der Waals surface area contributed by atoms with E-state index < -0.39 is 47.8 Å². The van der Waals surface area contributed by atoms with Crippen LogP contribution in [0.15, 0.2) is 48.5 Å². The molecule has 0 aromatic heterocycles. The highest BCUT2D eigenvalue weighted by Gasteiger charge is 2.35. The number of fused-ring (bicyclic) bond motifs is 1. The second-order valence-electron chi connectivity index (χ2n) is 13.5. The highest BCUT2D eigenvalue weighted by Crippen LogP contribution is 2.28. The SMILES string of the molecule is COc1ccc(C[C@@H]2NC(=O)[C@H](CC(C)C)NC(=O)CN(C(=O)C3Cc4ccccc4C3)C[C@H](C(C)C)NC(=O)[C@@H](C)NC2=O)cc1. The molecule has 2 aromatic rings. The van der Waals surface area contributed by atoms with Gasteiger partial charge in [-0.1, -0.05) is 64.1 Å². The van der Waals surface area contributed by atoms with Gasteiger partial charge in [0.15, 0.2) is 0 Å². The van der Waals surface area contributed by atoms with Crippen LogP contribution in [0.5, 0.6) is 5.75 Å². The molecule has 5 amide bonds. The smallest absolute Gasteiger partial charge is 0.243 e. The zero-order chi connectivity index (χ0) is 34.2. The van der Waals surface area contributed by atoms with Crippen LogP contribution in [0.3, 0.4) is 0 Å². The highest BCUT2D eigenvalue weighted by molar-refractivity contribution is 5.95. The Morgan fingerprint density at radius 2 is 1.45 bits per heavy atom. The Morgan fingerprint density at radius 3 is 2.02 bits per heavy atom. The quantitative estimate of drug-likeness (QED) is 0.363. The molecule has 1 aliphatic carbocycles. The molecule has 0 spiro atoms. The topological polar surface area (TPSA) is 146 Å². The van der Waals surface area contributed by atoms with E-state index in [2.05, 4.69) is 21.3 Å². The van der Waals surface area contributed by atoms with Crippen molar-refractivity contribution in [2.75, 3.05) is 20.2 Å². The van der Waals surface area contributed by atoms with Crippen LogP contribution in [-0.2, 0) is 43.2 Å². The fourth-order valence-electron chi connectivity index (χ4n) is 6.17. The molecule has 2 aromatic carbocycles. The number of carbonyl (C=O) groups is 5. The van der Waals surface area contributed by atoms with E-state index in [1.54, 1.807) is 38.3 Å². The Balaban J connectivity index is 1.64. The van der Waals surface area contributed by atoms with Crippen LogP contribution in [0.25, 0.3) is 0 Å². The van der Waals surface area contributed by atoms with E-state index in [4.69, 9.17) is 4.74 Å². The van der Waals surface area contributed by atoms with E-state index in [0.717, 1.165) is 16.7 Å². The minimum absolute atomic E-state index is 0.0453. The number of ether oxygens (including phenoxy) is 1. The fourth-order valence-corrected chi connectivity index (χ4v) is 6.17. The van der Waals surface area contributed by atoms with Gasteiger partial charge in [-0.15, -0.1) is 0 Å². The fraction of sp³-hybridized carbons (Fsp3) is 0.528. The van der Waals surface area contributed by atoms with Gasteiger partial charge in [-0.3, -0.25) is 24.0 Å². The summed E-state index contributed by atoms with van der Waals surface area (Å²) in [6.07, 6.45) is 1.62. The number of nitrogens with zero attached hydrogens (tertiary/aromatic N) is 1. The van der Waals surface area contributed by atoms with Crippen LogP contribution >= 0.6 is 0 Å². The molecule has 0 radical (unpaired) electrons. The Kier molecular flexibility index (Phi) is 12.0. The van der Waals surface area contributed by atoms with Crippen LogP contribution in [-0.4, -0.2) is 78.8 Å². The second-order valence-corrected chi connectivity index (χ2v) is 13.5.